The van der Waals surface area contributed by atoms with E-state index in [2.05, 4.69) is 26.7 Å². The highest BCUT2D eigenvalue weighted by atomic mass is 16.2. The second-order valence-electron chi connectivity index (χ2n) is 10.1. The quantitative estimate of drug-likeness (QED) is 0.415. The first-order valence-corrected chi connectivity index (χ1v) is 12.5. The normalized spacial score (nSPS) is 16.5. The van der Waals surface area contributed by atoms with Crippen LogP contribution in [0.5, 0.6) is 0 Å². The molecule has 0 bridgehead atoms. The van der Waals surface area contributed by atoms with E-state index in [1.54, 1.807) is 14.0 Å². The van der Waals surface area contributed by atoms with Crippen molar-refractivity contribution < 1.29 is 0 Å². The second-order valence-corrected chi connectivity index (χ2v) is 10.1. The molecule has 0 unspecified atom stereocenters. The van der Waals surface area contributed by atoms with Crippen molar-refractivity contribution in [2.75, 3.05) is 18.0 Å². The minimum atomic E-state index is -0.433. The third kappa shape index (κ3) is 3.60. The molecule has 1 saturated heterocycles. The van der Waals surface area contributed by atoms with Crippen LogP contribution in [0.2, 0.25) is 0 Å². The van der Waals surface area contributed by atoms with Gasteiger partial charge in [-0.2, -0.15) is 4.98 Å². The zero-order valence-electron chi connectivity index (χ0n) is 20.9. The van der Waals surface area contributed by atoms with Gasteiger partial charge in [-0.3, -0.25) is 18.5 Å². The predicted molar refractivity (Wildman–Crippen MR) is 139 cm³/mol. The van der Waals surface area contributed by atoms with E-state index in [1.165, 1.54) is 28.4 Å². The van der Waals surface area contributed by atoms with Crippen LogP contribution in [0.15, 0.2) is 33.9 Å². The highest BCUT2D eigenvalue weighted by molar-refractivity contribution is 5.80. The number of hydrogen-bond acceptors (Lipinski definition) is 6. The van der Waals surface area contributed by atoms with Gasteiger partial charge in [0.2, 0.25) is 5.95 Å². The molecular formula is C27H29N7O2. The molecule has 0 amide bonds. The predicted octanol–water partition coefficient (Wildman–Crippen LogP) is 2.60. The molecule has 4 aromatic rings. The van der Waals surface area contributed by atoms with Crippen molar-refractivity contribution >= 4 is 28.0 Å². The molecule has 1 aliphatic heterocycles. The van der Waals surface area contributed by atoms with E-state index in [-0.39, 0.29) is 6.54 Å². The molecule has 1 aromatic carbocycles. The summed E-state index contributed by atoms with van der Waals surface area (Å²) in [6.45, 7) is 5.84. The van der Waals surface area contributed by atoms with Crippen LogP contribution in [0.25, 0.3) is 22.1 Å². The van der Waals surface area contributed by atoms with Crippen molar-refractivity contribution in [1.82, 2.24) is 28.7 Å². The summed E-state index contributed by atoms with van der Waals surface area (Å²) in [5.74, 6) is 7.19. The monoisotopic (exact) mass is 483 g/mol. The fourth-order valence-corrected chi connectivity index (χ4v) is 5.52. The Balaban J connectivity index is 1.51. The number of aromatic nitrogens is 6. The van der Waals surface area contributed by atoms with Crippen LogP contribution in [0.4, 0.5) is 5.95 Å². The topological polar surface area (TPSA) is 90.8 Å². The molecule has 0 radical (unpaired) electrons. The summed E-state index contributed by atoms with van der Waals surface area (Å²) in [6, 6.07) is 7.73. The number of piperidine rings is 1. The van der Waals surface area contributed by atoms with Crippen LogP contribution >= 0.6 is 0 Å². The van der Waals surface area contributed by atoms with Gasteiger partial charge in [0, 0.05) is 31.2 Å². The zero-order valence-corrected chi connectivity index (χ0v) is 20.9. The highest BCUT2D eigenvalue weighted by Gasteiger charge is 2.46. The number of imidazole rings is 1. The van der Waals surface area contributed by atoms with E-state index < -0.39 is 11.2 Å². The molecule has 184 valence electrons. The van der Waals surface area contributed by atoms with E-state index in [9.17, 15) is 9.59 Å². The molecule has 9 heteroatoms. The Kier molecular flexibility index (Phi) is 5.21. The van der Waals surface area contributed by atoms with Crippen molar-refractivity contribution in [2.45, 2.75) is 52.6 Å². The standard InChI is InChI=1S/C27H29N7O2/c1-4-5-15-33-22-23(30-25(33)32-14-8-11-27(17-32)12-13-27)31(3)26(36)34(24(22)35)16-21-28-18(2)19-9-6-7-10-20(19)29-21/h6-7,9-10H,8,11-17H2,1-3H3. The number of hydrogen-bond donors (Lipinski definition) is 0. The Bertz CT molecular complexity index is 1700. The van der Waals surface area contributed by atoms with Gasteiger partial charge in [0.1, 0.15) is 5.82 Å². The first-order chi connectivity index (χ1) is 17.4. The van der Waals surface area contributed by atoms with Crippen LogP contribution in [0.3, 0.4) is 0 Å². The summed E-state index contributed by atoms with van der Waals surface area (Å²) in [4.78, 5) is 43.5. The molecule has 3 aromatic heterocycles. The lowest BCUT2D eigenvalue weighted by atomic mass is 9.95. The Morgan fingerprint density at radius 3 is 2.64 bits per heavy atom. The molecule has 1 spiro atoms. The van der Waals surface area contributed by atoms with Crippen molar-refractivity contribution in [3.05, 3.63) is 56.6 Å². The SMILES string of the molecule is CC#CCn1c(N2CCCC3(CC3)C2)nc2c1c(=O)n(Cc1nc(C)c3ccccc3n1)c(=O)n2C. The summed E-state index contributed by atoms with van der Waals surface area (Å²) in [7, 11) is 1.66. The van der Waals surface area contributed by atoms with Gasteiger partial charge in [-0.25, -0.2) is 14.8 Å². The molecule has 1 saturated carbocycles. The third-order valence-electron chi connectivity index (χ3n) is 7.67. The average Bonchev–Trinajstić information content (AvgIpc) is 3.50. The van der Waals surface area contributed by atoms with Gasteiger partial charge >= 0.3 is 5.69 Å². The number of aryl methyl sites for hydroxylation is 2. The number of anilines is 1. The van der Waals surface area contributed by atoms with Gasteiger partial charge in [0.15, 0.2) is 11.2 Å². The maximum absolute atomic E-state index is 13.8. The molecular weight excluding hydrogens is 454 g/mol. The van der Waals surface area contributed by atoms with Crippen LogP contribution in [-0.4, -0.2) is 41.7 Å². The number of para-hydroxylation sites is 1. The molecule has 2 aliphatic rings. The molecule has 9 nitrogen and oxygen atoms in total. The first kappa shape index (κ1) is 22.5. The number of nitrogens with zero attached hydrogens (tertiary/aromatic N) is 7. The molecule has 36 heavy (non-hydrogen) atoms. The van der Waals surface area contributed by atoms with Gasteiger partial charge in [-0.1, -0.05) is 24.1 Å². The van der Waals surface area contributed by atoms with E-state index in [0.29, 0.717) is 28.9 Å². The lowest BCUT2D eigenvalue weighted by molar-refractivity contribution is 0.389. The summed E-state index contributed by atoms with van der Waals surface area (Å²) in [6.07, 6.45) is 4.84. The summed E-state index contributed by atoms with van der Waals surface area (Å²) >= 11 is 0. The minimum Gasteiger partial charge on any atom is -0.342 e. The zero-order chi connectivity index (χ0) is 25.0. The van der Waals surface area contributed by atoms with Crippen LogP contribution in [-0.2, 0) is 20.1 Å². The lowest BCUT2D eigenvalue weighted by Gasteiger charge is -2.33. The summed E-state index contributed by atoms with van der Waals surface area (Å²) in [5, 5.41) is 0.952. The smallest absolute Gasteiger partial charge is 0.332 e. The summed E-state index contributed by atoms with van der Waals surface area (Å²) in [5.41, 5.74) is 1.94. The van der Waals surface area contributed by atoms with Gasteiger partial charge < -0.3 is 4.90 Å². The molecule has 1 aliphatic carbocycles. The van der Waals surface area contributed by atoms with Crippen LogP contribution in [0, 0.1) is 24.2 Å². The Morgan fingerprint density at radius 1 is 1.06 bits per heavy atom. The Labute approximate surface area is 208 Å². The van der Waals surface area contributed by atoms with Gasteiger partial charge in [0.25, 0.3) is 5.56 Å². The van der Waals surface area contributed by atoms with Crippen LogP contribution < -0.4 is 16.1 Å². The Hall–Kier alpha value is -3.93. The highest BCUT2D eigenvalue weighted by Crippen LogP contribution is 2.52. The molecule has 0 atom stereocenters. The van der Waals surface area contributed by atoms with Gasteiger partial charge in [-0.05, 0) is 51.0 Å². The lowest BCUT2D eigenvalue weighted by Crippen LogP contribution is -2.40. The number of fused-ring (bicyclic) bond motifs is 2. The fourth-order valence-electron chi connectivity index (χ4n) is 5.52. The number of rotatable bonds is 4. The average molecular weight is 484 g/mol. The Morgan fingerprint density at radius 2 is 1.86 bits per heavy atom. The van der Waals surface area contributed by atoms with E-state index in [1.807, 2.05) is 35.8 Å². The number of benzene rings is 1. The third-order valence-corrected chi connectivity index (χ3v) is 7.67. The van der Waals surface area contributed by atoms with Gasteiger partial charge in [0.05, 0.1) is 18.6 Å². The summed E-state index contributed by atoms with van der Waals surface area (Å²) < 4.78 is 4.56. The van der Waals surface area contributed by atoms with Crippen molar-refractivity contribution in [1.29, 1.82) is 0 Å². The maximum atomic E-state index is 13.8. The first-order valence-electron chi connectivity index (χ1n) is 12.5. The van der Waals surface area contributed by atoms with Crippen molar-refractivity contribution in [3.63, 3.8) is 0 Å². The van der Waals surface area contributed by atoms with E-state index in [4.69, 9.17) is 4.98 Å². The molecule has 6 rings (SSSR count). The fraction of sp³-hybridized carbons (Fsp3) is 0.444. The minimum absolute atomic E-state index is 0.0140. The maximum Gasteiger partial charge on any atom is 0.332 e. The van der Waals surface area contributed by atoms with Crippen molar-refractivity contribution in [2.24, 2.45) is 12.5 Å². The molecule has 4 heterocycles. The molecule has 2 fully saturated rings. The van der Waals surface area contributed by atoms with E-state index >= 15 is 0 Å². The van der Waals surface area contributed by atoms with E-state index in [0.717, 1.165) is 42.1 Å². The van der Waals surface area contributed by atoms with Crippen molar-refractivity contribution in [3.8, 4) is 11.8 Å². The molecule has 0 N–H and O–H groups in total. The largest absolute Gasteiger partial charge is 0.342 e. The van der Waals surface area contributed by atoms with Gasteiger partial charge in [-0.15, -0.1) is 5.92 Å². The van der Waals surface area contributed by atoms with Crippen LogP contribution in [0.1, 0.15) is 44.1 Å². The second kappa shape index (κ2) is 8.33.